The van der Waals surface area contributed by atoms with E-state index in [0.29, 0.717) is 0 Å². The van der Waals surface area contributed by atoms with E-state index in [4.69, 9.17) is 13.6 Å². The molecule has 2 aliphatic rings. The first kappa shape index (κ1) is 46.6. The Kier molecular flexibility index (Phi) is 10.0. The number of ether oxygens (including phenoxy) is 1. The maximum absolute atomic E-state index is 7.58. The molecule has 0 unspecified atom stereocenters. The van der Waals surface area contributed by atoms with Crippen LogP contribution in [-0.4, -0.2) is 11.3 Å². The zero-order valence-electron chi connectivity index (χ0n) is 45.4. The fourth-order valence-corrected chi connectivity index (χ4v) is 13.5. The van der Waals surface area contributed by atoms with Crippen LogP contribution in [0.15, 0.2) is 264 Å². The summed E-state index contributed by atoms with van der Waals surface area (Å²) in [4.78, 5) is 2.60. The van der Waals surface area contributed by atoms with Gasteiger partial charge in [0.2, 0.25) is 0 Å². The Morgan fingerprint density at radius 3 is 1.40 bits per heavy atom. The maximum atomic E-state index is 7.58. The highest BCUT2D eigenvalue weighted by Crippen LogP contribution is 2.52. The Balaban J connectivity index is 0.984. The molecule has 0 bridgehead atoms. The van der Waals surface area contributed by atoms with Crippen LogP contribution in [-0.2, 0) is 5.41 Å². The number of fused-ring (bicyclic) bond motifs is 13. The zero-order chi connectivity index (χ0) is 54.4. The van der Waals surface area contributed by atoms with E-state index < -0.39 is 0 Å². The second-order valence-electron chi connectivity index (χ2n) is 23.2. The first-order valence-electron chi connectivity index (χ1n) is 28.3. The molecule has 0 atom stereocenters. The number of hydrogen-bond donors (Lipinski definition) is 0. The molecule has 0 saturated heterocycles. The predicted octanol–water partition coefficient (Wildman–Crippen LogP) is 19.0. The van der Waals surface area contributed by atoms with Crippen molar-refractivity contribution in [3.63, 3.8) is 0 Å². The van der Waals surface area contributed by atoms with Crippen molar-refractivity contribution in [3.8, 4) is 61.7 Å². The molecular formula is C76H51BN2O3. The summed E-state index contributed by atoms with van der Waals surface area (Å²) in [5, 5.41) is 6.80. The lowest BCUT2D eigenvalue weighted by Crippen LogP contribution is -2.59. The Morgan fingerprint density at radius 2 is 0.829 bits per heavy atom. The van der Waals surface area contributed by atoms with E-state index >= 15 is 0 Å². The minimum atomic E-state index is -0.190. The largest absolute Gasteiger partial charge is 0.458 e. The number of benzene rings is 12. The van der Waals surface area contributed by atoms with Gasteiger partial charge >= 0.3 is 0 Å². The Labute approximate surface area is 474 Å². The second kappa shape index (κ2) is 17.6. The summed E-state index contributed by atoms with van der Waals surface area (Å²) >= 11 is 0. The highest BCUT2D eigenvalue weighted by molar-refractivity contribution is 6.99. The Bertz CT molecular complexity index is 5020. The highest BCUT2D eigenvalue weighted by Gasteiger charge is 2.44. The minimum Gasteiger partial charge on any atom is -0.458 e. The van der Waals surface area contributed by atoms with Crippen molar-refractivity contribution in [3.05, 3.63) is 260 Å². The van der Waals surface area contributed by atoms with Gasteiger partial charge in [-0.25, -0.2) is 0 Å². The topological polar surface area (TPSA) is 43.7 Å². The van der Waals surface area contributed by atoms with Gasteiger partial charge in [0.15, 0.2) is 0 Å². The van der Waals surface area contributed by atoms with Gasteiger partial charge < -0.3 is 23.0 Å². The molecule has 0 amide bonds. The first-order valence-corrected chi connectivity index (χ1v) is 28.3. The van der Waals surface area contributed by atoms with E-state index in [1.165, 1.54) is 21.8 Å². The van der Waals surface area contributed by atoms with Crippen molar-refractivity contribution < 1.29 is 13.6 Å². The Hall–Kier alpha value is -10.3. The van der Waals surface area contributed by atoms with Gasteiger partial charge in [0.1, 0.15) is 33.8 Å². The van der Waals surface area contributed by atoms with Crippen LogP contribution in [0.25, 0.3) is 116 Å². The van der Waals surface area contributed by atoms with Gasteiger partial charge in [0.25, 0.3) is 6.71 Å². The molecule has 0 N–H and O–H groups in total. The zero-order valence-corrected chi connectivity index (χ0v) is 45.4. The molecule has 12 aromatic carbocycles. The smallest absolute Gasteiger partial charge is 0.256 e. The fraction of sp³-hybridized carbons (Fsp3) is 0.0526. The number of hydrogen-bond acceptors (Lipinski definition) is 4. The van der Waals surface area contributed by atoms with E-state index in [1.807, 2.05) is 18.2 Å². The van der Waals surface area contributed by atoms with Crippen LogP contribution in [0.3, 0.4) is 0 Å². The lowest BCUT2D eigenvalue weighted by Gasteiger charge is -2.42. The highest BCUT2D eigenvalue weighted by atomic mass is 16.5. The molecule has 0 fully saturated rings. The van der Waals surface area contributed by atoms with Gasteiger partial charge in [-0.05, 0) is 140 Å². The molecule has 3 aromatic heterocycles. The number of para-hydroxylation sites is 4. The van der Waals surface area contributed by atoms with Crippen molar-refractivity contribution in [2.75, 3.05) is 4.90 Å². The number of furan rings is 2. The first-order chi connectivity index (χ1) is 40.3. The van der Waals surface area contributed by atoms with Crippen molar-refractivity contribution in [2.45, 2.75) is 26.2 Å². The normalized spacial score (nSPS) is 12.9. The SMILES string of the molecule is CC(C)(C)c1cc(-c2ccccc2)c(N2c3cc(-c4ccc5oc6ccccc6c5c4)ccc3B3c4ccc(-c5ccc6oc7ccccc7c6c5)cc4Oc4cc(-n5c6ccccc6c6ccccc65)cc2c43)c(-c2ccccc2)c1. The predicted molar refractivity (Wildman–Crippen MR) is 342 cm³/mol. The summed E-state index contributed by atoms with van der Waals surface area (Å²) in [6, 6.07) is 93.0. The van der Waals surface area contributed by atoms with Crippen LogP contribution >= 0.6 is 0 Å². The van der Waals surface area contributed by atoms with Crippen molar-refractivity contribution in [1.29, 1.82) is 0 Å². The van der Waals surface area contributed by atoms with Crippen LogP contribution in [0, 0.1) is 0 Å². The summed E-state index contributed by atoms with van der Waals surface area (Å²) in [6.07, 6.45) is 0. The third-order valence-electron chi connectivity index (χ3n) is 17.4. The maximum Gasteiger partial charge on any atom is 0.256 e. The summed E-state index contributed by atoms with van der Waals surface area (Å²) < 4.78 is 22.7. The molecule has 15 aromatic rings. The number of aromatic nitrogens is 1. The van der Waals surface area contributed by atoms with Crippen LogP contribution in [0.2, 0.25) is 0 Å². The van der Waals surface area contributed by atoms with Gasteiger partial charge in [-0.1, -0.05) is 191 Å². The van der Waals surface area contributed by atoms with Gasteiger partial charge in [-0.2, -0.15) is 0 Å². The van der Waals surface area contributed by atoms with E-state index in [2.05, 4.69) is 267 Å². The molecule has 0 saturated carbocycles. The van der Waals surface area contributed by atoms with Gasteiger partial charge in [-0.3, -0.25) is 0 Å². The summed E-state index contributed by atoms with van der Waals surface area (Å²) in [5.74, 6) is 1.66. The molecule has 17 rings (SSSR count). The van der Waals surface area contributed by atoms with Crippen LogP contribution in [0.5, 0.6) is 11.5 Å². The van der Waals surface area contributed by atoms with Crippen molar-refractivity contribution in [2.24, 2.45) is 0 Å². The third-order valence-corrected chi connectivity index (χ3v) is 17.4. The van der Waals surface area contributed by atoms with E-state index in [9.17, 15) is 0 Å². The molecule has 5 nitrogen and oxygen atoms in total. The minimum absolute atomic E-state index is 0.163. The Morgan fingerprint density at radius 1 is 0.354 bits per heavy atom. The molecule has 5 heterocycles. The van der Waals surface area contributed by atoms with E-state index in [1.54, 1.807) is 0 Å². The monoisotopic (exact) mass is 1050 g/mol. The summed E-state index contributed by atoms with van der Waals surface area (Å²) in [6.45, 7) is 6.78. The van der Waals surface area contributed by atoms with E-state index in [0.717, 1.165) is 145 Å². The van der Waals surface area contributed by atoms with Gasteiger partial charge in [-0.15, -0.1) is 0 Å². The van der Waals surface area contributed by atoms with Crippen molar-refractivity contribution >= 4 is 106 Å². The van der Waals surface area contributed by atoms with E-state index in [-0.39, 0.29) is 12.1 Å². The number of rotatable bonds is 6. The van der Waals surface area contributed by atoms with Crippen LogP contribution in [0.1, 0.15) is 26.3 Å². The van der Waals surface area contributed by atoms with Crippen LogP contribution < -0.4 is 26.0 Å². The molecule has 2 aliphatic heterocycles. The molecule has 0 spiro atoms. The second-order valence-corrected chi connectivity index (χ2v) is 23.2. The van der Waals surface area contributed by atoms with Gasteiger partial charge in [0, 0.05) is 60.9 Å². The quantitative estimate of drug-likeness (QED) is 0.156. The average molecular weight is 1050 g/mol. The molecule has 82 heavy (non-hydrogen) atoms. The molecule has 0 aliphatic carbocycles. The molecule has 0 radical (unpaired) electrons. The summed E-state index contributed by atoms with van der Waals surface area (Å²) in [7, 11) is 0. The fourth-order valence-electron chi connectivity index (χ4n) is 13.5. The number of nitrogens with zero attached hydrogens (tertiary/aromatic N) is 2. The number of anilines is 3. The molecule has 386 valence electrons. The lowest BCUT2D eigenvalue weighted by atomic mass is 9.34. The lowest BCUT2D eigenvalue weighted by molar-refractivity contribution is 0.487. The summed E-state index contributed by atoms with van der Waals surface area (Å²) in [5.41, 5.74) is 23.5. The van der Waals surface area contributed by atoms with Crippen LogP contribution in [0.4, 0.5) is 17.1 Å². The molecular weight excluding hydrogens is 1000 g/mol. The van der Waals surface area contributed by atoms with Crippen molar-refractivity contribution in [1.82, 2.24) is 4.57 Å². The molecule has 6 heteroatoms. The standard InChI is InChI=1S/C76H51BN2O3/c1-76(2,3)52-42-58(46-18-6-4-7-19-46)75(59(43-52)47-20-8-5-9-21-47)79-66-40-50(48-32-36-70-60(38-48)56-24-12-16-28-68(56)80-70)30-34-62(66)77-63-35-31-51(49-33-37-71-61(39-49)57-25-13-17-29-69(57)81-71)41-72(63)82-73-45-53(44-67(79)74(73)77)78-64-26-14-10-22-54(64)55-23-11-15-27-65(55)78/h4-45H,1-3H3. The average Bonchev–Trinajstić information content (AvgIpc) is 3.30. The third kappa shape index (κ3) is 7.07. The van der Waals surface area contributed by atoms with Gasteiger partial charge in [0.05, 0.1) is 22.4 Å².